The van der Waals surface area contributed by atoms with E-state index in [1.807, 2.05) is 12.9 Å². The van der Waals surface area contributed by atoms with Crippen molar-refractivity contribution in [3.8, 4) is 0 Å². The average Bonchev–Trinajstić information content (AvgIpc) is 3.34. The first-order valence-corrected chi connectivity index (χ1v) is 15.3. The maximum Gasteiger partial charge on any atom is 0.158 e. The molecule has 1 N–H and O–H groups in total. The van der Waals surface area contributed by atoms with Crippen molar-refractivity contribution in [3.05, 3.63) is 93.9 Å². The van der Waals surface area contributed by atoms with Crippen molar-refractivity contribution in [2.24, 2.45) is 0 Å². The number of hydrogen-bond acceptors (Lipinski definition) is 2. The first-order valence-electron chi connectivity index (χ1n) is 14.5. The second-order valence-corrected chi connectivity index (χ2v) is 11.7. The van der Waals surface area contributed by atoms with Crippen LogP contribution in [-0.2, 0) is 32.1 Å². The summed E-state index contributed by atoms with van der Waals surface area (Å²) in [7, 11) is 0.723. The smallest absolute Gasteiger partial charge is 0.158 e. The van der Waals surface area contributed by atoms with Crippen LogP contribution in [0.4, 0.5) is 4.39 Å². The highest BCUT2D eigenvalue weighted by molar-refractivity contribution is 7.97. The molecule has 1 aliphatic heterocycles. The molecule has 2 heterocycles. The number of benzene rings is 3. The fraction of sp³-hybridized carbons (Fsp3) is 0.394. The van der Waals surface area contributed by atoms with Gasteiger partial charge in [0.05, 0.1) is 0 Å². The summed E-state index contributed by atoms with van der Waals surface area (Å²) in [6.45, 7) is 9.75. The van der Waals surface area contributed by atoms with Crippen LogP contribution in [-0.4, -0.2) is 23.1 Å². The molecule has 38 heavy (non-hydrogen) atoms. The first kappa shape index (κ1) is 27.1. The highest BCUT2D eigenvalue weighted by Crippen LogP contribution is 2.41. The van der Waals surface area contributed by atoms with E-state index in [0.29, 0.717) is 6.04 Å². The van der Waals surface area contributed by atoms with Gasteiger partial charge < -0.3 is 4.98 Å². The topological polar surface area (TPSA) is 19.0 Å². The number of fused-ring (bicyclic) bond motifs is 2. The molecule has 0 fully saturated rings. The first-order chi connectivity index (χ1) is 18.5. The van der Waals surface area contributed by atoms with Gasteiger partial charge in [-0.15, -0.1) is 0 Å². The molecular formula is C33H40BFN2S. The molecule has 1 atom stereocenters. The van der Waals surface area contributed by atoms with E-state index in [9.17, 15) is 4.39 Å². The van der Waals surface area contributed by atoms with Crippen LogP contribution in [0.5, 0.6) is 0 Å². The largest absolute Gasteiger partial charge is 0.361 e. The lowest BCUT2D eigenvalue weighted by atomic mass is 9.73. The number of aromatic nitrogens is 1. The predicted octanol–water partition coefficient (Wildman–Crippen LogP) is 7.73. The molecule has 1 aliphatic rings. The van der Waals surface area contributed by atoms with Gasteiger partial charge in [-0.2, -0.15) is 0 Å². The Morgan fingerprint density at radius 1 is 0.974 bits per heavy atom. The average molecular weight is 527 g/mol. The number of hydrogen-bond donors (Lipinski definition) is 1. The van der Waals surface area contributed by atoms with Crippen molar-refractivity contribution in [1.29, 1.82) is 0 Å². The van der Waals surface area contributed by atoms with Crippen LogP contribution in [0.3, 0.4) is 0 Å². The molecular weight excluding hydrogens is 486 g/mol. The molecule has 5 rings (SSSR count). The summed E-state index contributed by atoms with van der Waals surface area (Å²) in [5.41, 5.74) is 10.8. The highest BCUT2D eigenvalue weighted by atomic mass is 32.2. The maximum atomic E-state index is 14.7. The fourth-order valence-corrected chi connectivity index (χ4v) is 7.10. The van der Waals surface area contributed by atoms with Crippen molar-refractivity contribution in [2.75, 3.05) is 6.54 Å². The zero-order valence-corrected chi connectivity index (χ0v) is 24.2. The second-order valence-electron chi connectivity index (χ2n) is 10.6. The number of aryl methyl sites for hydroxylation is 4. The fourth-order valence-electron chi connectivity index (χ4n) is 6.02. The maximum absolute atomic E-state index is 14.7. The SMILES string of the molecule is CBc1ccc(SN2CCc3cc(CC)c(CCC)cc3C2CCc2c[nH]c3ccc(CC)cc23)cc1F. The Hall–Kier alpha value is -2.50. The van der Waals surface area contributed by atoms with Crippen LogP contribution in [0, 0.1) is 5.82 Å². The third-order valence-electron chi connectivity index (χ3n) is 8.23. The lowest BCUT2D eigenvalue weighted by Crippen LogP contribution is -2.31. The number of nitrogens with one attached hydrogen (secondary N) is 1. The number of aromatic amines is 1. The lowest BCUT2D eigenvalue weighted by Gasteiger charge is -2.37. The summed E-state index contributed by atoms with van der Waals surface area (Å²) < 4.78 is 17.2. The molecule has 1 aromatic heterocycles. The molecule has 0 radical (unpaired) electrons. The molecule has 0 bridgehead atoms. The zero-order valence-electron chi connectivity index (χ0n) is 23.4. The molecule has 198 valence electrons. The van der Waals surface area contributed by atoms with E-state index in [1.54, 1.807) is 18.0 Å². The van der Waals surface area contributed by atoms with E-state index in [4.69, 9.17) is 0 Å². The van der Waals surface area contributed by atoms with Crippen LogP contribution in [0.15, 0.2) is 59.6 Å². The van der Waals surface area contributed by atoms with E-state index < -0.39 is 0 Å². The van der Waals surface area contributed by atoms with E-state index in [1.165, 1.54) is 44.3 Å². The minimum Gasteiger partial charge on any atom is -0.361 e. The van der Waals surface area contributed by atoms with Gasteiger partial charge in [0, 0.05) is 34.6 Å². The van der Waals surface area contributed by atoms with Crippen LogP contribution >= 0.6 is 11.9 Å². The Bertz CT molecular complexity index is 1410. The van der Waals surface area contributed by atoms with Gasteiger partial charge in [0.2, 0.25) is 0 Å². The Kier molecular flexibility index (Phi) is 8.65. The van der Waals surface area contributed by atoms with E-state index in [0.717, 1.165) is 69.1 Å². The van der Waals surface area contributed by atoms with Crippen LogP contribution in [0.2, 0.25) is 6.82 Å². The van der Waals surface area contributed by atoms with Crippen LogP contribution in [0.1, 0.15) is 73.0 Å². The Balaban J connectivity index is 1.48. The third-order valence-corrected chi connectivity index (χ3v) is 9.36. The van der Waals surface area contributed by atoms with Gasteiger partial charge in [-0.05, 0) is 114 Å². The minimum atomic E-state index is -0.0881. The number of rotatable bonds is 10. The summed E-state index contributed by atoms with van der Waals surface area (Å²) in [6.07, 6.45) is 9.72. The summed E-state index contributed by atoms with van der Waals surface area (Å²) >= 11 is 1.73. The minimum absolute atomic E-state index is 0.0881. The Morgan fingerprint density at radius 3 is 2.58 bits per heavy atom. The highest BCUT2D eigenvalue weighted by Gasteiger charge is 2.29. The van der Waals surface area contributed by atoms with Crippen LogP contribution in [0.25, 0.3) is 10.9 Å². The van der Waals surface area contributed by atoms with E-state index in [-0.39, 0.29) is 5.82 Å². The van der Waals surface area contributed by atoms with E-state index >= 15 is 0 Å². The normalized spacial score (nSPS) is 15.7. The quantitative estimate of drug-likeness (QED) is 0.168. The van der Waals surface area contributed by atoms with Crippen LogP contribution < -0.4 is 5.46 Å². The lowest BCUT2D eigenvalue weighted by molar-refractivity contribution is 0.322. The van der Waals surface area contributed by atoms with Gasteiger partial charge in [-0.25, -0.2) is 8.70 Å². The zero-order chi connectivity index (χ0) is 26.6. The second kappa shape index (κ2) is 12.1. The van der Waals surface area contributed by atoms with Gasteiger partial charge in [-0.1, -0.05) is 58.3 Å². The van der Waals surface area contributed by atoms with Crippen molar-refractivity contribution in [2.45, 2.75) is 83.5 Å². The van der Waals surface area contributed by atoms with Crippen molar-refractivity contribution in [3.63, 3.8) is 0 Å². The molecule has 0 saturated heterocycles. The van der Waals surface area contributed by atoms with Crippen molar-refractivity contribution in [1.82, 2.24) is 9.29 Å². The van der Waals surface area contributed by atoms with Crippen molar-refractivity contribution < 1.29 is 4.39 Å². The number of H-pyrrole nitrogens is 1. The van der Waals surface area contributed by atoms with E-state index in [2.05, 4.69) is 72.7 Å². The number of nitrogens with zero attached hydrogens (tertiary/aromatic N) is 1. The molecule has 0 spiro atoms. The monoisotopic (exact) mass is 526 g/mol. The van der Waals surface area contributed by atoms with Gasteiger partial charge in [0.1, 0.15) is 5.82 Å². The molecule has 0 aliphatic carbocycles. The summed E-state index contributed by atoms with van der Waals surface area (Å²) in [4.78, 5) is 4.49. The van der Waals surface area contributed by atoms with Gasteiger partial charge in [0.25, 0.3) is 0 Å². The van der Waals surface area contributed by atoms with Crippen molar-refractivity contribution >= 4 is 35.6 Å². The molecule has 1 unspecified atom stereocenters. The standard InChI is InChI=1S/C33H40BFN2S/c1-5-8-24-19-29-25(18-23(24)7-3)15-16-37(38-27-11-12-30(34-4)31(35)20-27)33(29)14-10-26-21-36-32-13-9-22(6-2)17-28(26)32/h9,11-13,17-21,33-34,36H,5-8,10,14-16H2,1-4H3. The molecule has 5 heteroatoms. The third kappa shape index (κ3) is 5.60. The molecule has 0 amide bonds. The summed E-state index contributed by atoms with van der Waals surface area (Å²) in [5.74, 6) is -0.0881. The summed E-state index contributed by atoms with van der Waals surface area (Å²) in [5, 5.41) is 1.35. The number of halogens is 1. The Morgan fingerprint density at radius 2 is 1.84 bits per heavy atom. The molecule has 4 aromatic rings. The molecule has 3 aromatic carbocycles. The van der Waals surface area contributed by atoms with Gasteiger partial charge >= 0.3 is 0 Å². The molecule has 0 saturated carbocycles. The van der Waals surface area contributed by atoms with Gasteiger partial charge in [0.15, 0.2) is 7.28 Å². The van der Waals surface area contributed by atoms with Gasteiger partial charge in [-0.3, -0.25) is 0 Å². The Labute approximate surface area is 232 Å². The predicted molar refractivity (Wildman–Crippen MR) is 164 cm³/mol. The molecule has 2 nitrogen and oxygen atoms in total. The summed E-state index contributed by atoms with van der Waals surface area (Å²) in [6, 6.07) is 17.9.